The summed E-state index contributed by atoms with van der Waals surface area (Å²) in [5.74, 6) is 0.268. The fourth-order valence-electron chi connectivity index (χ4n) is 2.23. The largest absolute Gasteiger partial charge is 0.390 e. The zero-order valence-electron chi connectivity index (χ0n) is 8.89. The Morgan fingerprint density at radius 1 is 1.38 bits per heavy atom. The van der Waals surface area contributed by atoms with Crippen molar-refractivity contribution in [2.45, 2.75) is 58.5 Å². The molecule has 0 spiro atoms. The first-order valence-corrected chi connectivity index (χ1v) is 5.15. The van der Waals surface area contributed by atoms with Gasteiger partial charge in [0.05, 0.1) is 5.60 Å². The van der Waals surface area contributed by atoms with E-state index in [0.29, 0.717) is 12.8 Å². The standard InChI is InChI=1S/C11H20O2/c1-4-9(12)8-10(2)6-5-7-11(10,3)13/h13H,4-8H2,1-3H3. The molecular formula is C11H20O2. The minimum absolute atomic E-state index is 0.180. The second kappa shape index (κ2) is 3.41. The Labute approximate surface area is 80.3 Å². The minimum atomic E-state index is -0.641. The summed E-state index contributed by atoms with van der Waals surface area (Å²) < 4.78 is 0. The van der Waals surface area contributed by atoms with E-state index in [4.69, 9.17) is 0 Å². The van der Waals surface area contributed by atoms with Crippen molar-refractivity contribution in [3.8, 4) is 0 Å². The van der Waals surface area contributed by atoms with Crippen molar-refractivity contribution in [1.82, 2.24) is 0 Å². The van der Waals surface area contributed by atoms with E-state index < -0.39 is 5.60 Å². The Balaban J connectivity index is 2.70. The van der Waals surface area contributed by atoms with Gasteiger partial charge in [0.1, 0.15) is 5.78 Å². The summed E-state index contributed by atoms with van der Waals surface area (Å²) >= 11 is 0. The fraction of sp³-hybridized carbons (Fsp3) is 0.909. The lowest BCUT2D eigenvalue weighted by atomic mass is 9.73. The van der Waals surface area contributed by atoms with Crippen molar-refractivity contribution in [3.63, 3.8) is 0 Å². The highest BCUT2D eigenvalue weighted by molar-refractivity contribution is 5.78. The number of Topliss-reactive ketones (excluding diaryl/α,β-unsaturated/α-hetero) is 1. The van der Waals surface area contributed by atoms with Gasteiger partial charge in [0.25, 0.3) is 0 Å². The average Bonchev–Trinajstić information content (AvgIpc) is 2.26. The first-order valence-electron chi connectivity index (χ1n) is 5.15. The normalized spacial score (nSPS) is 39.4. The van der Waals surface area contributed by atoms with Crippen molar-refractivity contribution in [3.05, 3.63) is 0 Å². The molecule has 2 nitrogen and oxygen atoms in total. The van der Waals surface area contributed by atoms with Crippen LogP contribution in [0.5, 0.6) is 0 Å². The van der Waals surface area contributed by atoms with E-state index in [1.165, 1.54) is 0 Å². The van der Waals surface area contributed by atoms with Crippen LogP contribution in [0.3, 0.4) is 0 Å². The molecule has 1 saturated carbocycles. The van der Waals surface area contributed by atoms with Crippen LogP contribution < -0.4 is 0 Å². The van der Waals surface area contributed by atoms with Crippen molar-refractivity contribution >= 4 is 5.78 Å². The molecule has 1 N–H and O–H groups in total. The molecule has 0 aromatic heterocycles. The molecule has 0 amide bonds. The third-order valence-electron chi connectivity index (χ3n) is 3.67. The number of carbonyl (C=O) groups is 1. The molecule has 0 radical (unpaired) electrons. The van der Waals surface area contributed by atoms with E-state index in [1.54, 1.807) is 0 Å². The van der Waals surface area contributed by atoms with Crippen LogP contribution in [-0.2, 0) is 4.79 Å². The van der Waals surface area contributed by atoms with Gasteiger partial charge in [0.15, 0.2) is 0 Å². The van der Waals surface area contributed by atoms with Crippen molar-refractivity contribution in [2.75, 3.05) is 0 Å². The first kappa shape index (κ1) is 10.7. The lowest BCUT2D eigenvalue weighted by Crippen LogP contribution is -2.40. The Morgan fingerprint density at radius 2 is 2.00 bits per heavy atom. The van der Waals surface area contributed by atoms with Gasteiger partial charge in [-0.2, -0.15) is 0 Å². The van der Waals surface area contributed by atoms with Gasteiger partial charge >= 0.3 is 0 Å². The molecular weight excluding hydrogens is 164 g/mol. The maximum atomic E-state index is 11.3. The number of rotatable bonds is 3. The lowest BCUT2D eigenvalue weighted by Gasteiger charge is -2.36. The number of aliphatic hydroxyl groups is 1. The Bertz CT molecular complexity index is 208. The highest BCUT2D eigenvalue weighted by atomic mass is 16.3. The average molecular weight is 184 g/mol. The Hall–Kier alpha value is -0.370. The van der Waals surface area contributed by atoms with E-state index >= 15 is 0 Å². The van der Waals surface area contributed by atoms with Crippen LogP contribution in [-0.4, -0.2) is 16.5 Å². The van der Waals surface area contributed by atoms with Crippen molar-refractivity contribution in [2.24, 2.45) is 5.41 Å². The van der Waals surface area contributed by atoms with E-state index in [9.17, 15) is 9.90 Å². The summed E-state index contributed by atoms with van der Waals surface area (Å²) in [4.78, 5) is 11.3. The molecule has 1 rings (SSSR count). The van der Waals surface area contributed by atoms with Crippen molar-refractivity contribution in [1.29, 1.82) is 0 Å². The monoisotopic (exact) mass is 184 g/mol. The third kappa shape index (κ3) is 1.93. The lowest BCUT2D eigenvalue weighted by molar-refractivity contribution is -0.125. The summed E-state index contributed by atoms with van der Waals surface area (Å²) in [6.45, 7) is 5.78. The summed E-state index contributed by atoms with van der Waals surface area (Å²) in [6, 6.07) is 0. The second-order valence-corrected chi connectivity index (χ2v) is 4.76. The molecule has 0 saturated heterocycles. The molecule has 0 heterocycles. The predicted molar refractivity (Wildman–Crippen MR) is 52.5 cm³/mol. The molecule has 0 aromatic rings. The van der Waals surface area contributed by atoms with Crippen LogP contribution in [0.1, 0.15) is 52.9 Å². The molecule has 76 valence electrons. The minimum Gasteiger partial charge on any atom is -0.390 e. The van der Waals surface area contributed by atoms with E-state index in [1.807, 2.05) is 20.8 Å². The highest BCUT2D eigenvalue weighted by Gasteiger charge is 2.47. The topological polar surface area (TPSA) is 37.3 Å². The number of hydrogen-bond acceptors (Lipinski definition) is 2. The third-order valence-corrected chi connectivity index (χ3v) is 3.67. The van der Waals surface area contributed by atoms with Crippen LogP contribution in [0, 0.1) is 5.41 Å². The van der Waals surface area contributed by atoms with Gasteiger partial charge < -0.3 is 5.11 Å². The first-order chi connectivity index (χ1) is 5.91. The molecule has 1 aliphatic carbocycles. The molecule has 1 fully saturated rings. The smallest absolute Gasteiger partial charge is 0.133 e. The van der Waals surface area contributed by atoms with Crippen LogP contribution in [0.15, 0.2) is 0 Å². The van der Waals surface area contributed by atoms with Gasteiger partial charge in [0, 0.05) is 18.3 Å². The summed E-state index contributed by atoms with van der Waals surface area (Å²) in [7, 11) is 0. The Kier molecular flexibility index (Phi) is 2.81. The number of ketones is 1. The molecule has 2 heteroatoms. The van der Waals surface area contributed by atoms with Gasteiger partial charge in [-0.3, -0.25) is 4.79 Å². The van der Waals surface area contributed by atoms with E-state index in [-0.39, 0.29) is 11.2 Å². The molecule has 2 unspecified atom stereocenters. The Morgan fingerprint density at radius 3 is 2.38 bits per heavy atom. The van der Waals surface area contributed by atoms with Gasteiger partial charge in [0.2, 0.25) is 0 Å². The fourth-order valence-corrected chi connectivity index (χ4v) is 2.23. The zero-order chi connectivity index (χ0) is 10.1. The maximum absolute atomic E-state index is 11.3. The van der Waals surface area contributed by atoms with E-state index in [2.05, 4.69) is 0 Å². The molecule has 2 atom stereocenters. The molecule has 0 aliphatic heterocycles. The predicted octanol–water partition coefficient (Wildman–Crippen LogP) is 2.30. The quantitative estimate of drug-likeness (QED) is 0.730. The number of hydrogen-bond donors (Lipinski definition) is 1. The van der Waals surface area contributed by atoms with Crippen LogP contribution >= 0.6 is 0 Å². The molecule has 13 heavy (non-hydrogen) atoms. The maximum Gasteiger partial charge on any atom is 0.133 e. The van der Waals surface area contributed by atoms with Gasteiger partial charge in [-0.15, -0.1) is 0 Å². The van der Waals surface area contributed by atoms with E-state index in [0.717, 1.165) is 19.3 Å². The van der Waals surface area contributed by atoms with Crippen LogP contribution in [0.25, 0.3) is 0 Å². The molecule has 0 aromatic carbocycles. The summed E-state index contributed by atoms with van der Waals surface area (Å²) in [6.07, 6.45) is 3.98. The zero-order valence-corrected chi connectivity index (χ0v) is 8.89. The second-order valence-electron chi connectivity index (χ2n) is 4.76. The van der Waals surface area contributed by atoms with Crippen LogP contribution in [0.4, 0.5) is 0 Å². The molecule has 1 aliphatic rings. The van der Waals surface area contributed by atoms with Gasteiger partial charge in [-0.1, -0.05) is 13.8 Å². The SMILES string of the molecule is CCC(=O)CC1(C)CCCC1(C)O. The number of carbonyl (C=O) groups excluding carboxylic acids is 1. The van der Waals surface area contributed by atoms with Gasteiger partial charge in [-0.25, -0.2) is 0 Å². The molecule has 0 bridgehead atoms. The summed E-state index contributed by atoms with van der Waals surface area (Å²) in [5, 5.41) is 10.1. The van der Waals surface area contributed by atoms with Crippen LogP contribution in [0.2, 0.25) is 0 Å². The van der Waals surface area contributed by atoms with Crippen molar-refractivity contribution < 1.29 is 9.90 Å². The van der Waals surface area contributed by atoms with Gasteiger partial charge in [-0.05, 0) is 26.2 Å². The highest BCUT2D eigenvalue weighted by Crippen LogP contribution is 2.48. The summed E-state index contributed by atoms with van der Waals surface area (Å²) in [5.41, 5.74) is -0.822.